The van der Waals surface area contributed by atoms with Crippen LogP contribution in [0.1, 0.15) is 44.5 Å². The molecule has 0 unspecified atom stereocenters. The van der Waals surface area contributed by atoms with E-state index in [1.165, 1.54) is 24.3 Å². The lowest BCUT2D eigenvalue weighted by molar-refractivity contribution is 0.519. The topological polar surface area (TPSA) is 0 Å². The zero-order valence-corrected chi connectivity index (χ0v) is 21.1. The predicted molar refractivity (Wildman–Crippen MR) is 151 cm³/mol. The number of benzene rings is 4. The van der Waals surface area contributed by atoms with Crippen LogP contribution in [0.4, 0.5) is 17.6 Å². The molecule has 0 saturated heterocycles. The van der Waals surface area contributed by atoms with Crippen molar-refractivity contribution >= 4 is 36.0 Å². The van der Waals surface area contributed by atoms with Crippen molar-refractivity contribution in [2.24, 2.45) is 0 Å². The summed E-state index contributed by atoms with van der Waals surface area (Å²) in [6.07, 6.45) is 7.43. The van der Waals surface area contributed by atoms with Crippen molar-refractivity contribution in [2.75, 3.05) is 0 Å². The Kier molecular flexibility index (Phi) is 8.55. The van der Waals surface area contributed by atoms with Gasteiger partial charge in [0.25, 0.3) is 0 Å². The van der Waals surface area contributed by atoms with Crippen LogP contribution < -0.4 is 0 Å². The summed E-state index contributed by atoms with van der Waals surface area (Å²) in [5.41, 5.74) is 5.42. The molecule has 0 spiro atoms. The molecule has 190 valence electrons. The monoisotopic (exact) mass is 510 g/mol. The third-order valence-corrected chi connectivity index (χ3v) is 6.00. The molecular formula is C34H26F4. The Labute approximate surface area is 220 Å². The second kappa shape index (κ2) is 12.2. The molecule has 0 radical (unpaired) electrons. The number of hydrogen-bond donors (Lipinski definition) is 0. The maximum atomic E-state index is 14.7. The molecule has 0 bridgehead atoms. The largest absolute Gasteiger partial charge is 0.203 e. The van der Waals surface area contributed by atoms with Crippen LogP contribution in [-0.2, 0) is 0 Å². The fraction of sp³-hybridized carbons (Fsp3) is 0.0588. The van der Waals surface area contributed by atoms with Crippen molar-refractivity contribution < 1.29 is 17.6 Å². The lowest BCUT2D eigenvalue weighted by Gasteiger charge is -2.04. The van der Waals surface area contributed by atoms with Gasteiger partial charge < -0.3 is 0 Å². The number of allylic oxidation sites excluding steroid dienone is 2. The molecule has 0 aliphatic carbocycles. The molecule has 4 aromatic rings. The van der Waals surface area contributed by atoms with Crippen molar-refractivity contribution in [3.8, 4) is 0 Å². The summed E-state index contributed by atoms with van der Waals surface area (Å²) < 4.78 is 58.4. The van der Waals surface area contributed by atoms with Gasteiger partial charge in [-0.25, -0.2) is 17.6 Å². The standard InChI is InChI=1S/C34H26F4/c1-23-3-7-25(8-4-23)11-13-27-15-19-29(20-16-27)31(35)33(37)34(38)32(36)30-21-17-28(18-22-30)14-12-26-9-5-24(2)6-10-26/h3-22H,1-2H3/b13-11+,14-12?,33-31?,34-32?. The van der Waals surface area contributed by atoms with Crippen LogP contribution in [0.2, 0.25) is 0 Å². The minimum absolute atomic E-state index is 0.186. The van der Waals surface area contributed by atoms with Crippen LogP contribution in [0, 0.1) is 13.8 Å². The first-order valence-electron chi connectivity index (χ1n) is 12.1. The van der Waals surface area contributed by atoms with Gasteiger partial charge in [0.15, 0.2) is 23.3 Å². The predicted octanol–water partition coefficient (Wildman–Crippen LogP) is 10.6. The summed E-state index contributed by atoms with van der Waals surface area (Å²) in [5.74, 6) is -6.70. The molecule has 0 N–H and O–H groups in total. The Morgan fingerprint density at radius 2 is 0.632 bits per heavy atom. The van der Waals surface area contributed by atoms with E-state index in [4.69, 9.17) is 0 Å². The van der Waals surface area contributed by atoms with Crippen LogP contribution in [0.5, 0.6) is 0 Å². The minimum atomic E-state index is -1.88. The van der Waals surface area contributed by atoms with Gasteiger partial charge in [0.2, 0.25) is 0 Å². The van der Waals surface area contributed by atoms with Gasteiger partial charge in [0.1, 0.15) is 0 Å². The molecule has 0 amide bonds. The van der Waals surface area contributed by atoms with Gasteiger partial charge in [-0.1, -0.05) is 132 Å². The van der Waals surface area contributed by atoms with E-state index >= 15 is 0 Å². The molecular weight excluding hydrogens is 484 g/mol. The first-order valence-corrected chi connectivity index (χ1v) is 12.1. The second-order valence-corrected chi connectivity index (χ2v) is 8.99. The second-order valence-electron chi connectivity index (χ2n) is 8.99. The van der Waals surface area contributed by atoms with Gasteiger partial charge in [-0.2, -0.15) is 0 Å². The fourth-order valence-electron chi connectivity index (χ4n) is 3.67. The van der Waals surface area contributed by atoms with Crippen LogP contribution in [0.15, 0.2) is 109 Å². The Hall–Kier alpha value is -4.44. The Morgan fingerprint density at radius 3 is 0.895 bits per heavy atom. The van der Waals surface area contributed by atoms with E-state index in [9.17, 15) is 17.6 Å². The summed E-state index contributed by atoms with van der Waals surface area (Å²) >= 11 is 0. The molecule has 4 aromatic carbocycles. The summed E-state index contributed by atoms with van der Waals surface area (Å²) in [7, 11) is 0. The summed E-state index contributed by atoms with van der Waals surface area (Å²) in [5, 5.41) is 0. The number of aryl methyl sites for hydroxylation is 2. The lowest BCUT2D eigenvalue weighted by Crippen LogP contribution is -1.89. The van der Waals surface area contributed by atoms with Crippen molar-refractivity contribution in [3.05, 3.63) is 153 Å². The highest BCUT2D eigenvalue weighted by Gasteiger charge is 2.19. The first kappa shape index (κ1) is 26.6. The third-order valence-electron chi connectivity index (χ3n) is 6.00. The van der Waals surface area contributed by atoms with E-state index in [0.29, 0.717) is 0 Å². The van der Waals surface area contributed by atoms with Crippen molar-refractivity contribution in [2.45, 2.75) is 13.8 Å². The average Bonchev–Trinajstić information content (AvgIpc) is 2.95. The SMILES string of the molecule is Cc1ccc(C=Cc2ccc(C(F)=C(F)C(F)=C(F)c3ccc(/C=C/c4ccc(C)cc4)cc3)cc2)cc1. The summed E-state index contributed by atoms with van der Waals surface area (Å²) in [6, 6.07) is 27.4. The van der Waals surface area contributed by atoms with Crippen molar-refractivity contribution in [3.63, 3.8) is 0 Å². The summed E-state index contributed by atoms with van der Waals surface area (Å²) in [4.78, 5) is 0. The zero-order chi connectivity index (χ0) is 27.1. The van der Waals surface area contributed by atoms with E-state index in [1.54, 1.807) is 24.3 Å². The van der Waals surface area contributed by atoms with Gasteiger partial charge in [-0.05, 0) is 36.1 Å². The number of rotatable bonds is 7. The Bertz CT molecular complexity index is 1380. The molecule has 4 rings (SSSR count). The zero-order valence-electron chi connectivity index (χ0n) is 21.1. The fourth-order valence-corrected chi connectivity index (χ4v) is 3.67. The highest BCUT2D eigenvalue weighted by atomic mass is 19.2. The maximum Gasteiger partial charge on any atom is 0.198 e. The lowest BCUT2D eigenvalue weighted by atomic mass is 10.1. The van der Waals surface area contributed by atoms with E-state index in [-0.39, 0.29) is 11.1 Å². The molecule has 0 saturated carbocycles. The van der Waals surface area contributed by atoms with Crippen molar-refractivity contribution in [1.29, 1.82) is 0 Å². The smallest absolute Gasteiger partial charge is 0.198 e. The molecule has 0 aliphatic heterocycles. The quantitative estimate of drug-likeness (QED) is 0.132. The maximum absolute atomic E-state index is 14.7. The minimum Gasteiger partial charge on any atom is -0.203 e. The first-order chi connectivity index (χ1) is 18.3. The van der Waals surface area contributed by atoms with E-state index < -0.39 is 23.3 Å². The molecule has 0 aromatic heterocycles. The third kappa shape index (κ3) is 6.86. The van der Waals surface area contributed by atoms with Crippen LogP contribution in [0.25, 0.3) is 36.0 Å². The van der Waals surface area contributed by atoms with Gasteiger partial charge in [-0.3, -0.25) is 0 Å². The molecule has 0 fully saturated rings. The van der Waals surface area contributed by atoms with Gasteiger partial charge in [-0.15, -0.1) is 0 Å². The summed E-state index contributed by atoms with van der Waals surface area (Å²) in [6.45, 7) is 4.00. The van der Waals surface area contributed by atoms with Gasteiger partial charge in [0, 0.05) is 11.1 Å². The van der Waals surface area contributed by atoms with Gasteiger partial charge in [0.05, 0.1) is 0 Å². The van der Waals surface area contributed by atoms with E-state index in [0.717, 1.165) is 33.4 Å². The van der Waals surface area contributed by atoms with Crippen LogP contribution in [-0.4, -0.2) is 0 Å². The Balaban J connectivity index is 1.47. The molecule has 0 atom stereocenters. The Morgan fingerprint density at radius 1 is 0.395 bits per heavy atom. The molecule has 38 heavy (non-hydrogen) atoms. The number of hydrogen-bond acceptors (Lipinski definition) is 0. The van der Waals surface area contributed by atoms with Crippen LogP contribution in [0.3, 0.4) is 0 Å². The molecule has 0 heterocycles. The van der Waals surface area contributed by atoms with Gasteiger partial charge >= 0.3 is 0 Å². The van der Waals surface area contributed by atoms with Crippen LogP contribution >= 0.6 is 0 Å². The molecule has 4 heteroatoms. The molecule has 0 nitrogen and oxygen atoms in total. The highest BCUT2D eigenvalue weighted by molar-refractivity contribution is 5.75. The highest BCUT2D eigenvalue weighted by Crippen LogP contribution is 2.33. The molecule has 0 aliphatic rings. The normalized spacial score (nSPS) is 13.1. The number of halogens is 4. The van der Waals surface area contributed by atoms with Crippen molar-refractivity contribution in [1.82, 2.24) is 0 Å². The van der Waals surface area contributed by atoms with E-state index in [2.05, 4.69) is 0 Å². The average molecular weight is 511 g/mol. The van der Waals surface area contributed by atoms with E-state index in [1.807, 2.05) is 86.7 Å².